The van der Waals surface area contributed by atoms with Gasteiger partial charge in [-0.05, 0) is 219 Å². The number of rotatable bonds is 15. The van der Waals surface area contributed by atoms with Crippen molar-refractivity contribution in [1.29, 1.82) is 0 Å². The van der Waals surface area contributed by atoms with E-state index >= 15 is 0 Å². The lowest BCUT2D eigenvalue weighted by atomic mass is 9.83. The summed E-state index contributed by atoms with van der Waals surface area (Å²) in [5.41, 5.74) is 32.0. The van der Waals surface area contributed by atoms with E-state index in [2.05, 4.69) is 328 Å². The standard InChI is InChI=1S/C92H62N4/c1-4-25-63(26-5-1)66-31-22-34-69(53-66)85-59-72(89-43-16-19-50-93-89)46-48-83(85)80-40-13-10-37-77(80)74-56-75(78-38-11-14-41-81(78)84-49-47-73(90-44-17-20-51-94-90)60-86(84)70-35-23-32-67(54-70)64-27-6-2-7-28-64)58-76(57-74)79-39-12-15-42-82(79)88-62-96-92(91-45-18-21-52-95-91)61-87(88)71-36-24-33-68(55-71)65-29-8-3-9-30-65/h1-62H. The van der Waals surface area contributed by atoms with Gasteiger partial charge in [-0.1, -0.05) is 261 Å². The summed E-state index contributed by atoms with van der Waals surface area (Å²) in [6.45, 7) is 0. The van der Waals surface area contributed by atoms with E-state index in [1.807, 2.05) is 48.9 Å². The maximum absolute atomic E-state index is 5.24. The SMILES string of the molecule is c1ccc(-c2cccc(-c3cc(-c4ccccn4)ccc3-c3ccccc3-c3cc(-c4ccccc4-c4ccc(-c5ccccn5)cc4-c4cccc(-c5ccccc5)c4)cc(-c4ccccc4-c4cnc(-c5ccccn5)cc4-c4cccc(-c5ccccc5)c4)c3)c2)cc1. The third-order valence-electron chi connectivity index (χ3n) is 18.2. The molecule has 0 unspecified atom stereocenters. The number of nitrogens with zero attached hydrogens (tertiary/aromatic N) is 4. The minimum atomic E-state index is 0.799. The van der Waals surface area contributed by atoms with Gasteiger partial charge in [-0.3, -0.25) is 19.9 Å². The quantitative estimate of drug-likeness (QED) is 0.103. The van der Waals surface area contributed by atoms with Crippen LogP contribution in [0, 0.1) is 0 Å². The van der Waals surface area contributed by atoms with Crippen molar-refractivity contribution >= 4 is 0 Å². The molecule has 0 saturated heterocycles. The Morgan fingerprint density at radius 2 is 0.417 bits per heavy atom. The van der Waals surface area contributed by atoms with E-state index in [9.17, 15) is 0 Å². The molecule has 0 aliphatic rings. The first kappa shape index (κ1) is 58.3. The first-order valence-corrected chi connectivity index (χ1v) is 32.5. The molecule has 0 spiro atoms. The lowest BCUT2D eigenvalue weighted by molar-refractivity contribution is 1.25. The molecule has 4 heterocycles. The van der Waals surface area contributed by atoms with Gasteiger partial charge in [0.05, 0.1) is 22.8 Å². The summed E-state index contributed by atoms with van der Waals surface area (Å²) in [6, 6.07) is 127. The highest BCUT2D eigenvalue weighted by molar-refractivity contribution is 6.01. The van der Waals surface area contributed by atoms with Crippen molar-refractivity contribution in [3.05, 3.63) is 377 Å². The van der Waals surface area contributed by atoms with E-state index in [0.29, 0.717) is 0 Å². The molecule has 0 amide bonds. The summed E-state index contributed by atoms with van der Waals surface area (Å²) in [5.74, 6) is 0. The molecule has 16 rings (SSSR count). The molecule has 0 aliphatic heterocycles. The third kappa shape index (κ3) is 11.9. The molecule has 0 saturated carbocycles. The molecule has 0 atom stereocenters. The van der Waals surface area contributed by atoms with Crippen molar-refractivity contribution in [3.63, 3.8) is 0 Å². The average Bonchev–Trinajstić information content (AvgIpc) is 0.779. The topological polar surface area (TPSA) is 51.6 Å². The fourth-order valence-electron chi connectivity index (χ4n) is 13.5. The lowest BCUT2D eigenvalue weighted by Gasteiger charge is -2.21. The summed E-state index contributed by atoms with van der Waals surface area (Å²) < 4.78 is 0. The largest absolute Gasteiger partial charge is 0.256 e. The highest BCUT2D eigenvalue weighted by Crippen LogP contribution is 2.48. The van der Waals surface area contributed by atoms with E-state index < -0.39 is 0 Å². The first-order chi connectivity index (χ1) is 47.6. The van der Waals surface area contributed by atoms with Crippen LogP contribution in [0.3, 0.4) is 0 Å². The highest BCUT2D eigenvalue weighted by Gasteiger charge is 2.23. The van der Waals surface area contributed by atoms with Crippen molar-refractivity contribution < 1.29 is 0 Å². The Hall–Kier alpha value is -12.8. The van der Waals surface area contributed by atoms with E-state index in [-0.39, 0.29) is 0 Å². The minimum absolute atomic E-state index is 0.799. The minimum Gasteiger partial charge on any atom is -0.256 e. The fourth-order valence-corrected chi connectivity index (χ4v) is 13.5. The third-order valence-corrected chi connectivity index (χ3v) is 18.2. The van der Waals surface area contributed by atoms with Crippen LogP contribution in [-0.4, -0.2) is 19.9 Å². The molecule has 0 N–H and O–H groups in total. The lowest BCUT2D eigenvalue weighted by Crippen LogP contribution is -1.96. The second-order valence-electron chi connectivity index (χ2n) is 24.1. The van der Waals surface area contributed by atoms with Crippen molar-refractivity contribution in [2.45, 2.75) is 0 Å². The Bertz CT molecular complexity index is 4890. The van der Waals surface area contributed by atoms with Crippen LogP contribution in [-0.2, 0) is 0 Å². The molecule has 0 radical (unpaired) electrons. The Labute approximate surface area is 560 Å². The summed E-state index contributed by atoms with van der Waals surface area (Å²) in [6.07, 6.45) is 7.62. The Balaban J connectivity index is 0.928. The molecule has 12 aromatic carbocycles. The van der Waals surface area contributed by atoms with E-state index in [1.165, 1.54) is 0 Å². The summed E-state index contributed by atoms with van der Waals surface area (Å²) in [4.78, 5) is 19.7. The van der Waals surface area contributed by atoms with Gasteiger partial charge in [0.2, 0.25) is 0 Å². The molecule has 4 aromatic heterocycles. The van der Waals surface area contributed by atoms with Crippen LogP contribution in [0.1, 0.15) is 0 Å². The summed E-state index contributed by atoms with van der Waals surface area (Å²) >= 11 is 0. The number of hydrogen-bond acceptors (Lipinski definition) is 4. The molecule has 0 fully saturated rings. The van der Waals surface area contributed by atoms with Crippen LogP contribution in [0.4, 0.5) is 0 Å². The van der Waals surface area contributed by atoms with E-state index in [4.69, 9.17) is 19.9 Å². The predicted octanol–water partition coefficient (Wildman–Crippen LogP) is 24.3. The zero-order chi connectivity index (χ0) is 64.0. The zero-order valence-electron chi connectivity index (χ0n) is 52.6. The molecule has 450 valence electrons. The fraction of sp³-hybridized carbons (Fsp3) is 0. The first-order valence-electron chi connectivity index (χ1n) is 32.5. The van der Waals surface area contributed by atoms with Crippen LogP contribution in [0.2, 0.25) is 0 Å². The van der Waals surface area contributed by atoms with E-state index in [1.54, 1.807) is 0 Å². The van der Waals surface area contributed by atoms with Crippen LogP contribution in [0.15, 0.2) is 377 Å². The number of benzene rings is 12. The second kappa shape index (κ2) is 26.5. The molecule has 4 nitrogen and oxygen atoms in total. The molecule has 0 bridgehead atoms. The van der Waals surface area contributed by atoms with Gasteiger partial charge in [0.15, 0.2) is 0 Å². The van der Waals surface area contributed by atoms with Crippen molar-refractivity contribution in [2.24, 2.45) is 0 Å². The van der Waals surface area contributed by atoms with Crippen LogP contribution in [0.25, 0.3) is 167 Å². The number of aromatic nitrogens is 4. The van der Waals surface area contributed by atoms with Gasteiger partial charge in [-0.25, -0.2) is 0 Å². The molecule has 0 aliphatic carbocycles. The Morgan fingerprint density at radius 1 is 0.125 bits per heavy atom. The van der Waals surface area contributed by atoms with Gasteiger partial charge < -0.3 is 0 Å². The smallest absolute Gasteiger partial charge is 0.0892 e. The second-order valence-corrected chi connectivity index (χ2v) is 24.1. The van der Waals surface area contributed by atoms with Gasteiger partial charge in [0.25, 0.3) is 0 Å². The van der Waals surface area contributed by atoms with Gasteiger partial charge >= 0.3 is 0 Å². The molecule has 4 heteroatoms. The Kier molecular flexibility index (Phi) is 16.1. The van der Waals surface area contributed by atoms with Gasteiger partial charge in [-0.2, -0.15) is 0 Å². The zero-order valence-corrected chi connectivity index (χ0v) is 52.6. The monoisotopic (exact) mass is 1220 g/mol. The van der Waals surface area contributed by atoms with Gasteiger partial charge in [0.1, 0.15) is 0 Å². The normalized spacial score (nSPS) is 11.1. The predicted molar refractivity (Wildman–Crippen MR) is 399 cm³/mol. The maximum atomic E-state index is 5.24. The van der Waals surface area contributed by atoms with Crippen molar-refractivity contribution in [1.82, 2.24) is 19.9 Å². The summed E-state index contributed by atoms with van der Waals surface area (Å²) in [7, 11) is 0. The molecular formula is C92H62N4. The number of hydrogen-bond donors (Lipinski definition) is 0. The van der Waals surface area contributed by atoms with Crippen LogP contribution >= 0.6 is 0 Å². The highest BCUT2D eigenvalue weighted by atomic mass is 14.8. The van der Waals surface area contributed by atoms with Crippen molar-refractivity contribution in [3.8, 4) is 167 Å². The maximum Gasteiger partial charge on any atom is 0.0892 e. The van der Waals surface area contributed by atoms with Gasteiger partial charge in [-0.15, -0.1) is 0 Å². The Morgan fingerprint density at radius 3 is 0.792 bits per heavy atom. The van der Waals surface area contributed by atoms with Crippen LogP contribution in [0.5, 0.6) is 0 Å². The molecule has 96 heavy (non-hydrogen) atoms. The van der Waals surface area contributed by atoms with Crippen molar-refractivity contribution in [2.75, 3.05) is 0 Å². The molecule has 16 aromatic rings. The number of pyridine rings is 4. The summed E-state index contributed by atoms with van der Waals surface area (Å²) in [5, 5.41) is 0. The molecular weight excluding hydrogens is 1160 g/mol. The average molecular weight is 1220 g/mol. The van der Waals surface area contributed by atoms with Crippen LogP contribution < -0.4 is 0 Å². The van der Waals surface area contributed by atoms with E-state index in [0.717, 1.165) is 167 Å². The van der Waals surface area contributed by atoms with Gasteiger partial charge in [0, 0.05) is 41.5 Å².